The predicted molar refractivity (Wildman–Crippen MR) is 89.3 cm³/mol. The van der Waals surface area contributed by atoms with E-state index in [1.165, 1.54) is 19.3 Å². The van der Waals surface area contributed by atoms with Crippen LogP contribution in [0.25, 0.3) is 0 Å². The van der Waals surface area contributed by atoms with Gasteiger partial charge in [0.05, 0.1) is 13.2 Å². The molecule has 4 heteroatoms. The van der Waals surface area contributed by atoms with Crippen LogP contribution in [0.2, 0.25) is 0 Å². The molecule has 1 aromatic rings. The van der Waals surface area contributed by atoms with E-state index in [0.29, 0.717) is 0 Å². The highest BCUT2D eigenvalue weighted by atomic mass is 35.5. The molecule has 2 rings (SSSR count). The van der Waals surface area contributed by atoms with Gasteiger partial charge in [0.1, 0.15) is 5.75 Å². The van der Waals surface area contributed by atoms with Crippen molar-refractivity contribution >= 4 is 12.4 Å². The Morgan fingerprint density at radius 2 is 1.90 bits per heavy atom. The molecule has 0 bridgehead atoms. The number of halogens is 1. The van der Waals surface area contributed by atoms with Crippen LogP contribution >= 0.6 is 12.4 Å². The summed E-state index contributed by atoms with van der Waals surface area (Å²) in [5.74, 6) is 0.817. The molecule has 0 radical (unpaired) electrons. The van der Waals surface area contributed by atoms with Crippen LogP contribution in [0.1, 0.15) is 43.8 Å². The molecule has 21 heavy (non-hydrogen) atoms. The third-order valence-electron chi connectivity index (χ3n) is 4.47. The van der Waals surface area contributed by atoms with E-state index in [9.17, 15) is 5.11 Å². The fraction of sp³-hybridized carbons (Fsp3) is 0.647. The number of hydrogen-bond acceptors (Lipinski definition) is 3. The number of methoxy groups -OCH3 is 1. The van der Waals surface area contributed by atoms with Crippen molar-refractivity contribution in [3.8, 4) is 5.75 Å². The number of aliphatic hydroxyl groups excluding tert-OH is 1. The summed E-state index contributed by atoms with van der Waals surface area (Å²) in [5, 5.41) is 11.0. The van der Waals surface area contributed by atoms with Crippen molar-refractivity contribution in [3.63, 3.8) is 0 Å². The smallest absolute Gasteiger partial charge is 0.119 e. The zero-order valence-corrected chi connectivity index (χ0v) is 14.2. The standard InChI is InChI=1S/C17H27NO2.ClH/c1-18(2)13-17(10-5-4-6-11-17)16(19)14-8-7-9-15(12-14)20-3;/h7-9,12,16,19H,4-6,10-11,13H2,1-3H3;1H. The second-order valence-electron chi connectivity index (χ2n) is 6.34. The van der Waals surface area contributed by atoms with E-state index in [1.54, 1.807) is 7.11 Å². The average molecular weight is 314 g/mol. The molecule has 0 amide bonds. The van der Waals surface area contributed by atoms with Crippen molar-refractivity contribution in [1.29, 1.82) is 0 Å². The molecule has 1 unspecified atom stereocenters. The first-order chi connectivity index (χ1) is 9.57. The Bertz CT molecular complexity index is 431. The number of ether oxygens (including phenoxy) is 1. The highest BCUT2D eigenvalue weighted by molar-refractivity contribution is 5.85. The minimum atomic E-state index is -0.416. The lowest BCUT2D eigenvalue weighted by molar-refractivity contribution is -0.0228. The van der Waals surface area contributed by atoms with Crippen LogP contribution in [0, 0.1) is 5.41 Å². The predicted octanol–water partition coefficient (Wildman–Crippen LogP) is 3.66. The third-order valence-corrected chi connectivity index (χ3v) is 4.47. The summed E-state index contributed by atoms with van der Waals surface area (Å²) in [6.07, 6.45) is 5.51. The van der Waals surface area contributed by atoms with Crippen molar-refractivity contribution < 1.29 is 9.84 Å². The van der Waals surface area contributed by atoms with Gasteiger partial charge in [0.2, 0.25) is 0 Å². The molecule has 0 aromatic heterocycles. The summed E-state index contributed by atoms with van der Waals surface area (Å²) in [6, 6.07) is 7.87. The Balaban J connectivity index is 0.00000220. The average Bonchev–Trinajstić information content (AvgIpc) is 2.46. The quantitative estimate of drug-likeness (QED) is 0.900. The molecule has 120 valence electrons. The molecule has 0 spiro atoms. The summed E-state index contributed by atoms with van der Waals surface area (Å²) >= 11 is 0. The second kappa shape index (κ2) is 8.02. The summed E-state index contributed by atoms with van der Waals surface area (Å²) in [4.78, 5) is 2.20. The summed E-state index contributed by atoms with van der Waals surface area (Å²) < 4.78 is 5.28. The van der Waals surface area contributed by atoms with Gasteiger partial charge in [0, 0.05) is 12.0 Å². The van der Waals surface area contributed by atoms with E-state index >= 15 is 0 Å². The van der Waals surface area contributed by atoms with Crippen LogP contribution in [-0.4, -0.2) is 37.8 Å². The first kappa shape index (κ1) is 18.3. The first-order valence-electron chi connectivity index (χ1n) is 7.54. The molecule has 1 fully saturated rings. The van der Waals surface area contributed by atoms with Gasteiger partial charge in [-0.3, -0.25) is 0 Å². The molecule has 1 aliphatic carbocycles. The topological polar surface area (TPSA) is 32.7 Å². The van der Waals surface area contributed by atoms with Crippen LogP contribution in [0.15, 0.2) is 24.3 Å². The van der Waals surface area contributed by atoms with E-state index in [4.69, 9.17) is 4.74 Å². The Labute approximate surface area is 134 Å². The Morgan fingerprint density at radius 3 is 2.48 bits per heavy atom. The van der Waals surface area contributed by atoms with Gasteiger partial charge in [-0.2, -0.15) is 0 Å². The highest BCUT2D eigenvalue weighted by Gasteiger charge is 2.40. The van der Waals surface area contributed by atoms with E-state index in [2.05, 4.69) is 19.0 Å². The van der Waals surface area contributed by atoms with E-state index in [1.807, 2.05) is 24.3 Å². The minimum Gasteiger partial charge on any atom is -0.497 e. The Morgan fingerprint density at radius 1 is 1.24 bits per heavy atom. The zero-order valence-electron chi connectivity index (χ0n) is 13.3. The van der Waals surface area contributed by atoms with E-state index in [0.717, 1.165) is 30.7 Å². The van der Waals surface area contributed by atoms with Crippen molar-refractivity contribution in [2.24, 2.45) is 5.41 Å². The largest absolute Gasteiger partial charge is 0.497 e. The Hall–Kier alpha value is -0.770. The molecule has 3 nitrogen and oxygen atoms in total. The molecule has 0 aliphatic heterocycles. The summed E-state index contributed by atoms with van der Waals surface area (Å²) in [6.45, 7) is 0.936. The van der Waals surface area contributed by atoms with Crippen molar-refractivity contribution in [3.05, 3.63) is 29.8 Å². The molecule has 1 N–H and O–H groups in total. The van der Waals surface area contributed by atoms with Crippen molar-refractivity contribution in [2.45, 2.75) is 38.2 Å². The van der Waals surface area contributed by atoms with Gasteiger partial charge in [-0.1, -0.05) is 31.4 Å². The molecule has 1 aliphatic rings. The maximum Gasteiger partial charge on any atom is 0.119 e. The number of nitrogens with zero attached hydrogens (tertiary/aromatic N) is 1. The second-order valence-corrected chi connectivity index (χ2v) is 6.34. The molecule has 1 aromatic carbocycles. The monoisotopic (exact) mass is 313 g/mol. The van der Waals surface area contributed by atoms with Gasteiger partial charge in [-0.15, -0.1) is 12.4 Å². The fourth-order valence-corrected chi connectivity index (χ4v) is 3.57. The van der Waals surface area contributed by atoms with Gasteiger partial charge in [-0.25, -0.2) is 0 Å². The normalized spacial score (nSPS) is 18.9. The highest BCUT2D eigenvalue weighted by Crippen LogP contribution is 2.46. The van der Waals surface area contributed by atoms with Crippen LogP contribution in [0.3, 0.4) is 0 Å². The molecular formula is C17H28ClNO2. The van der Waals surface area contributed by atoms with Gasteiger partial charge in [0.15, 0.2) is 0 Å². The van der Waals surface area contributed by atoms with Crippen LogP contribution in [0.4, 0.5) is 0 Å². The SMILES string of the molecule is COc1cccc(C(O)C2(CN(C)C)CCCCC2)c1.Cl. The lowest BCUT2D eigenvalue weighted by Crippen LogP contribution is -2.40. The lowest BCUT2D eigenvalue weighted by atomic mass is 9.68. The first-order valence-corrected chi connectivity index (χ1v) is 7.54. The number of hydrogen-bond donors (Lipinski definition) is 1. The third kappa shape index (κ3) is 4.35. The lowest BCUT2D eigenvalue weighted by Gasteiger charge is -2.43. The molecular weight excluding hydrogens is 286 g/mol. The molecule has 0 saturated heterocycles. The van der Waals surface area contributed by atoms with Crippen LogP contribution < -0.4 is 4.74 Å². The molecule has 0 heterocycles. The van der Waals surface area contributed by atoms with Crippen LogP contribution in [-0.2, 0) is 0 Å². The number of rotatable bonds is 5. The Kier molecular flexibility index (Phi) is 6.98. The van der Waals surface area contributed by atoms with E-state index in [-0.39, 0.29) is 17.8 Å². The van der Waals surface area contributed by atoms with Gasteiger partial charge < -0.3 is 14.7 Å². The van der Waals surface area contributed by atoms with Crippen LogP contribution in [0.5, 0.6) is 5.75 Å². The molecule has 1 saturated carbocycles. The van der Waals surface area contributed by atoms with Gasteiger partial charge >= 0.3 is 0 Å². The maximum absolute atomic E-state index is 11.0. The maximum atomic E-state index is 11.0. The minimum absolute atomic E-state index is 0. The van der Waals surface area contributed by atoms with Crippen molar-refractivity contribution in [1.82, 2.24) is 4.90 Å². The zero-order chi connectivity index (χ0) is 14.6. The molecule has 1 atom stereocenters. The number of benzene rings is 1. The summed E-state index contributed by atoms with van der Waals surface area (Å²) in [5.41, 5.74) is 0.960. The van der Waals surface area contributed by atoms with E-state index < -0.39 is 6.10 Å². The van der Waals surface area contributed by atoms with Gasteiger partial charge in [0.25, 0.3) is 0 Å². The van der Waals surface area contributed by atoms with Crippen molar-refractivity contribution in [2.75, 3.05) is 27.7 Å². The van der Waals surface area contributed by atoms with Gasteiger partial charge in [-0.05, 0) is 44.6 Å². The number of aliphatic hydroxyl groups is 1. The fourth-order valence-electron chi connectivity index (χ4n) is 3.57. The summed E-state index contributed by atoms with van der Waals surface area (Å²) in [7, 11) is 5.85.